The summed E-state index contributed by atoms with van der Waals surface area (Å²) in [7, 11) is 0. The Hall–Kier alpha value is -2.13. The van der Waals surface area contributed by atoms with Crippen LogP contribution in [0.25, 0.3) is 0 Å². The van der Waals surface area contributed by atoms with Gasteiger partial charge in [0.25, 0.3) is 5.91 Å². The minimum Gasteiger partial charge on any atom is -0.338 e. The van der Waals surface area contributed by atoms with Gasteiger partial charge in [-0.05, 0) is 86.6 Å². The van der Waals surface area contributed by atoms with E-state index in [0.717, 1.165) is 31.1 Å². The largest absolute Gasteiger partial charge is 0.338 e. The fourth-order valence-electron chi connectivity index (χ4n) is 6.14. The molecule has 3 nitrogen and oxygen atoms in total. The Morgan fingerprint density at radius 1 is 0.967 bits per heavy atom. The lowest BCUT2D eigenvalue weighted by molar-refractivity contribution is 0.0779. The van der Waals surface area contributed by atoms with Crippen molar-refractivity contribution in [3.8, 4) is 0 Å². The fourth-order valence-corrected chi connectivity index (χ4v) is 6.14. The van der Waals surface area contributed by atoms with Crippen LogP contribution < -0.4 is 0 Å². The molecule has 0 spiro atoms. The summed E-state index contributed by atoms with van der Waals surface area (Å²) in [6.45, 7) is 6.66. The molecule has 0 radical (unpaired) electrons. The number of hydrogen-bond acceptors (Lipinski definition) is 2. The molecule has 0 N–H and O–H groups in total. The predicted molar refractivity (Wildman–Crippen MR) is 122 cm³/mol. The molecule has 3 aliphatic rings. The number of likely N-dealkylation sites (tertiary alicyclic amines) is 2. The first-order chi connectivity index (χ1) is 14.7. The molecule has 0 aromatic heterocycles. The first-order valence-corrected chi connectivity index (χ1v) is 11.9. The lowest BCUT2D eigenvalue weighted by atomic mass is 9.86. The molecule has 1 aliphatic carbocycles. The summed E-state index contributed by atoms with van der Waals surface area (Å²) in [6.07, 6.45) is 6.39. The summed E-state index contributed by atoms with van der Waals surface area (Å²) in [4.78, 5) is 17.6. The van der Waals surface area contributed by atoms with Crippen molar-refractivity contribution < 1.29 is 4.79 Å². The van der Waals surface area contributed by atoms with Crippen molar-refractivity contribution in [3.63, 3.8) is 0 Å². The third-order valence-electron chi connectivity index (χ3n) is 7.95. The van der Waals surface area contributed by atoms with E-state index in [1.807, 2.05) is 30.3 Å². The standard InChI is InChI=1S/C27H34N2O/c1-20-6-5-16-28(20)17-15-21-9-11-22(12-10-21)25-14-13-24-18-29(19-26(24)25)27(30)23-7-3-2-4-8-23/h2-4,7-12,20,24-26H,5-6,13-19H2,1H3/t20-,24-,25+,26+/m1/s1. The van der Waals surface area contributed by atoms with Gasteiger partial charge in [0.15, 0.2) is 0 Å². The van der Waals surface area contributed by atoms with Gasteiger partial charge in [-0.1, -0.05) is 42.5 Å². The molecular weight excluding hydrogens is 368 g/mol. The van der Waals surface area contributed by atoms with Gasteiger partial charge in [0.1, 0.15) is 0 Å². The number of nitrogens with zero attached hydrogens (tertiary/aromatic N) is 2. The highest BCUT2D eigenvalue weighted by Crippen LogP contribution is 2.47. The second kappa shape index (κ2) is 8.55. The Kier molecular flexibility index (Phi) is 5.64. The van der Waals surface area contributed by atoms with Gasteiger partial charge < -0.3 is 9.80 Å². The van der Waals surface area contributed by atoms with Gasteiger partial charge in [0, 0.05) is 31.2 Å². The van der Waals surface area contributed by atoms with Gasteiger partial charge in [-0.2, -0.15) is 0 Å². The van der Waals surface area contributed by atoms with E-state index in [2.05, 4.69) is 41.0 Å². The Labute approximate surface area is 181 Å². The van der Waals surface area contributed by atoms with Crippen LogP contribution in [0.3, 0.4) is 0 Å². The molecule has 1 amide bonds. The van der Waals surface area contributed by atoms with Crippen LogP contribution in [-0.4, -0.2) is 47.9 Å². The van der Waals surface area contributed by atoms with Crippen molar-refractivity contribution in [1.82, 2.24) is 9.80 Å². The number of benzene rings is 2. The van der Waals surface area contributed by atoms with E-state index >= 15 is 0 Å². The van der Waals surface area contributed by atoms with Crippen LogP contribution in [0.1, 0.15) is 60.0 Å². The van der Waals surface area contributed by atoms with Crippen LogP contribution in [-0.2, 0) is 6.42 Å². The van der Waals surface area contributed by atoms with Crippen molar-refractivity contribution in [2.45, 2.75) is 51.0 Å². The van der Waals surface area contributed by atoms with Crippen molar-refractivity contribution in [3.05, 3.63) is 71.3 Å². The fraction of sp³-hybridized carbons (Fsp3) is 0.519. The maximum Gasteiger partial charge on any atom is 0.253 e. The third kappa shape index (κ3) is 3.92. The van der Waals surface area contributed by atoms with E-state index < -0.39 is 0 Å². The molecule has 158 valence electrons. The number of amides is 1. The molecule has 5 rings (SSSR count). The Bertz CT molecular complexity index is 862. The SMILES string of the molecule is C[C@@H]1CCCN1CCc1ccc([C@@H]2CC[C@@H]3CN(C(=O)c4ccccc4)C[C@@H]32)cc1. The van der Waals surface area contributed by atoms with Gasteiger partial charge in [-0.3, -0.25) is 4.79 Å². The monoisotopic (exact) mass is 402 g/mol. The molecule has 2 saturated heterocycles. The highest BCUT2D eigenvalue weighted by atomic mass is 16.2. The number of fused-ring (bicyclic) bond motifs is 1. The van der Waals surface area contributed by atoms with Crippen molar-refractivity contribution in [2.75, 3.05) is 26.2 Å². The average Bonchev–Trinajstić information content (AvgIpc) is 3.49. The van der Waals surface area contributed by atoms with Crippen molar-refractivity contribution in [2.24, 2.45) is 11.8 Å². The molecule has 2 heterocycles. The smallest absolute Gasteiger partial charge is 0.253 e. The summed E-state index contributed by atoms with van der Waals surface area (Å²) >= 11 is 0. The van der Waals surface area contributed by atoms with Crippen LogP contribution in [0, 0.1) is 11.8 Å². The van der Waals surface area contributed by atoms with Gasteiger partial charge in [-0.15, -0.1) is 0 Å². The second-order valence-electron chi connectivity index (χ2n) is 9.70. The lowest BCUT2D eigenvalue weighted by Crippen LogP contribution is -2.30. The third-order valence-corrected chi connectivity index (χ3v) is 7.95. The quantitative estimate of drug-likeness (QED) is 0.704. The van der Waals surface area contributed by atoms with Crippen LogP contribution >= 0.6 is 0 Å². The minimum absolute atomic E-state index is 0.204. The average molecular weight is 403 g/mol. The lowest BCUT2D eigenvalue weighted by Gasteiger charge is -2.22. The molecule has 2 aromatic rings. The zero-order chi connectivity index (χ0) is 20.5. The topological polar surface area (TPSA) is 23.6 Å². The van der Waals surface area contributed by atoms with E-state index in [1.165, 1.54) is 49.9 Å². The zero-order valence-electron chi connectivity index (χ0n) is 18.2. The van der Waals surface area contributed by atoms with E-state index in [1.54, 1.807) is 0 Å². The molecular formula is C27H34N2O. The number of carbonyl (C=O) groups is 1. The van der Waals surface area contributed by atoms with E-state index in [4.69, 9.17) is 0 Å². The molecule has 1 saturated carbocycles. The van der Waals surface area contributed by atoms with Crippen molar-refractivity contribution in [1.29, 1.82) is 0 Å². The van der Waals surface area contributed by atoms with Gasteiger partial charge in [0.2, 0.25) is 0 Å². The Balaban J connectivity index is 1.21. The number of hydrogen-bond donors (Lipinski definition) is 0. The summed E-state index contributed by atoms with van der Waals surface area (Å²) < 4.78 is 0. The maximum atomic E-state index is 12.9. The molecule has 2 aliphatic heterocycles. The first-order valence-electron chi connectivity index (χ1n) is 11.9. The maximum absolute atomic E-state index is 12.9. The normalized spacial score (nSPS) is 28.8. The predicted octanol–water partition coefficient (Wildman–Crippen LogP) is 4.98. The molecule has 3 heteroatoms. The molecule has 4 atom stereocenters. The second-order valence-corrected chi connectivity index (χ2v) is 9.70. The van der Waals surface area contributed by atoms with Crippen molar-refractivity contribution >= 4 is 5.91 Å². The summed E-state index contributed by atoms with van der Waals surface area (Å²) in [6, 6.07) is 20.0. The molecule has 30 heavy (non-hydrogen) atoms. The molecule has 0 unspecified atom stereocenters. The molecule has 3 fully saturated rings. The van der Waals surface area contributed by atoms with Gasteiger partial charge in [0.05, 0.1) is 0 Å². The van der Waals surface area contributed by atoms with Gasteiger partial charge in [-0.25, -0.2) is 0 Å². The van der Waals surface area contributed by atoms with Gasteiger partial charge >= 0.3 is 0 Å². The van der Waals surface area contributed by atoms with Crippen LogP contribution in [0.4, 0.5) is 0 Å². The number of rotatable bonds is 5. The van der Waals surface area contributed by atoms with Crippen LogP contribution in [0.5, 0.6) is 0 Å². The number of carbonyl (C=O) groups excluding carboxylic acids is 1. The zero-order valence-corrected chi connectivity index (χ0v) is 18.2. The summed E-state index contributed by atoms with van der Waals surface area (Å²) in [5.74, 6) is 2.10. The van der Waals surface area contributed by atoms with E-state index in [-0.39, 0.29) is 5.91 Å². The summed E-state index contributed by atoms with van der Waals surface area (Å²) in [5, 5.41) is 0. The van der Waals surface area contributed by atoms with E-state index in [9.17, 15) is 4.79 Å². The Morgan fingerprint density at radius 2 is 1.77 bits per heavy atom. The highest BCUT2D eigenvalue weighted by Gasteiger charge is 2.44. The molecule has 2 aromatic carbocycles. The Morgan fingerprint density at radius 3 is 2.50 bits per heavy atom. The summed E-state index contributed by atoms with van der Waals surface area (Å²) in [5.41, 5.74) is 3.76. The van der Waals surface area contributed by atoms with E-state index in [0.29, 0.717) is 17.8 Å². The molecule has 0 bridgehead atoms. The first kappa shape index (κ1) is 19.8. The minimum atomic E-state index is 0.204. The van der Waals surface area contributed by atoms with Crippen LogP contribution in [0.15, 0.2) is 54.6 Å². The highest BCUT2D eigenvalue weighted by molar-refractivity contribution is 5.94. The van der Waals surface area contributed by atoms with Crippen LogP contribution in [0.2, 0.25) is 0 Å².